The van der Waals surface area contributed by atoms with Crippen molar-refractivity contribution in [2.45, 2.75) is 46.7 Å². The van der Waals surface area contributed by atoms with Gasteiger partial charge in [0.1, 0.15) is 18.7 Å². The first-order valence-electron chi connectivity index (χ1n) is 10.0. The molecule has 2 heterocycles. The Balaban J connectivity index is 1.85. The van der Waals surface area contributed by atoms with Crippen molar-refractivity contribution in [3.05, 3.63) is 29.6 Å². The van der Waals surface area contributed by atoms with Gasteiger partial charge in [-0.3, -0.25) is 9.48 Å². The Kier molecular flexibility index (Phi) is 8.63. The molecule has 0 saturated heterocycles. The van der Waals surface area contributed by atoms with Gasteiger partial charge in [-0.25, -0.2) is 4.99 Å². The largest absolute Gasteiger partial charge is 0.356 e. The van der Waals surface area contributed by atoms with Gasteiger partial charge in [0.15, 0.2) is 5.96 Å². The monoisotopic (exact) mass is 403 g/mol. The maximum atomic E-state index is 11.9. The number of hydrogen-bond donors (Lipinski definition) is 2. The van der Waals surface area contributed by atoms with Gasteiger partial charge in [0.05, 0.1) is 5.69 Å². The molecule has 0 aliphatic rings. The fourth-order valence-electron chi connectivity index (χ4n) is 2.83. The summed E-state index contributed by atoms with van der Waals surface area (Å²) in [6.07, 6.45) is 3.47. The van der Waals surface area contributed by atoms with Crippen molar-refractivity contribution in [2.75, 3.05) is 33.7 Å². The highest BCUT2D eigenvalue weighted by atomic mass is 16.2. The third kappa shape index (κ3) is 7.20. The Bertz CT molecular complexity index is 806. The lowest BCUT2D eigenvalue weighted by atomic mass is 10.4. The molecule has 0 atom stereocenters. The van der Waals surface area contributed by atoms with Crippen molar-refractivity contribution >= 4 is 11.9 Å². The number of likely N-dealkylation sites (N-methyl/N-ethyl adjacent to an activating group) is 1. The molecular formula is C19H33N9O. The summed E-state index contributed by atoms with van der Waals surface area (Å²) in [5.41, 5.74) is 2.19. The Morgan fingerprint density at radius 2 is 1.97 bits per heavy atom. The molecule has 29 heavy (non-hydrogen) atoms. The number of amides is 1. The van der Waals surface area contributed by atoms with Gasteiger partial charge in [-0.2, -0.15) is 5.10 Å². The number of aromatic nitrogens is 5. The highest BCUT2D eigenvalue weighted by Crippen LogP contribution is 2.02. The second kappa shape index (κ2) is 11.2. The van der Waals surface area contributed by atoms with E-state index in [2.05, 4.69) is 50.8 Å². The van der Waals surface area contributed by atoms with Crippen LogP contribution >= 0.6 is 0 Å². The molecule has 0 radical (unpaired) electrons. The van der Waals surface area contributed by atoms with E-state index in [0.29, 0.717) is 12.5 Å². The van der Waals surface area contributed by atoms with Crippen LogP contribution in [0.4, 0.5) is 0 Å². The van der Waals surface area contributed by atoms with E-state index in [4.69, 9.17) is 0 Å². The van der Waals surface area contributed by atoms with Crippen molar-refractivity contribution in [3.8, 4) is 0 Å². The molecule has 0 unspecified atom stereocenters. The standard InChI is InChI=1S/C19H33N9O/c1-6-17-24-23-14-27(17)11-9-21-19(22-13-18(29)26(4)5)20-8-7-10-28-16(3)12-15(2)25-28/h12,14H,6-11,13H2,1-5H3,(H2,20,21,22). The number of aryl methyl sites for hydroxylation is 4. The highest BCUT2D eigenvalue weighted by Gasteiger charge is 2.06. The maximum absolute atomic E-state index is 11.9. The molecule has 160 valence electrons. The minimum Gasteiger partial charge on any atom is -0.356 e. The lowest BCUT2D eigenvalue weighted by molar-refractivity contribution is -0.127. The molecule has 0 spiro atoms. The molecule has 0 aromatic carbocycles. The van der Waals surface area contributed by atoms with Crippen molar-refractivity contribution in [2.24, 2.45) is 4.99 Å². The van der Waals surface area contributed by atoms with E-state index in [9.17, 15) is 4.79 Å². The Morgan fingerprint density at radius 3 is 2.62 bits per heavy atom. The fourth-order valence-corrected chi connectivity index (χ4v) is 2.83. The van der Waals surface area contributed by atoms with Crippen LogP contribution in [0.1, 0.15) is 30.6 Å². The average molecular weight is 404 g/mol. The summed E-state index contributed by atoms with van der Waals surface area (Å²) in [5.74, 6) is 1.53. The Morgan fingerprint density at radius 1 is 1.21 bits per heavy atom. The summed E-state index contributed by atoms with van der Waals surface area (Å²) in [5, 5.41) is 19.1. The van der Waals surface area contributed by atoms with Gasteiger partial charge in [-0.15, -0.1) is 10.2 Å². The SMILES string of the molecule is CCc1nncn1CCNC(=NCC(=O)N(C)C)NCCCn1nc(C)cc1C. The van der Waals surface area contributed by atoms with Crippen LogP contribution in [0.2, 0.25) is 0 Å². The zero-order valence-corrected chi connectivity index (χ0v) is 18.1. The minimum atomic E-state index is -0.0409. The third-order valence-electron chi connectivity index (χ3n) is 4.47. The molecule has 0 fully saturated rings. The zero-order valence-electron chi connectivity index (χ0n) is 18.1. The lowest BCUT2D eigenvalue weighted by Crippen LogP contribution is -2.40. The van der Waals surface area contributed by atoms with E-state index in [1.54, 1.807) is 20.4 Å². The molecule has 2 N–H and O–H groups in total. The van der Waals surface area contributed by atoms with E-state index in [1.807, 2.05) is 16.2 Å². The van der Waals surface area contributed by atoms with E-state index in [-0.39, 0.29) is 12.5 Å². The van der Waals surface area contributed by atoms with Gasteiger partial charge in [0, 0.05) is 52.4 Å². The van der Waals surface area contributed by atoms with Gasteiger partial charge in [-0.1, -0.05) is 6.92 Å². The lowest BCUT2D eigenvalue weighted by Gasteiger charge is -2.14. The summed E-state index contributed by atoms with van der Waals surface area (Å²) in [6, 6.07) is 2.07. The highest BCUT2D eigenvalue weighted by molar-refractivity contribution is 5.84. The number of carbonyl (C=O) groups excluding carboxylic acids is 1. The smallest absolute Gasteiger partial charge is 0.243 e. The third-order valence-corrected chi connectivity index (χ3v) is 4.47. The number of guanidine groups is 1. The molecule has 0 saturated carbocycles. The van der Waals surface area contributed by atoms with E-state index < -0.39 is 0 Å². The van der Waals surface area contributed by atoms with Crippen LogP contribution in [-0.4, -0.2) is 75.0 Å². The zero-order chi connectivity index (χ0) is 21.2. The molecule has 2 aromatic heterocycles. The van der Waals surface area contributed by atoms with Crippen molar-refractivity contribution in [1.82, 2.24) is 40.1 Å². The van der Waals surface area contributed by atoms with Crippen LogP contribution in [-0.2, 0) is 24.3 Å². The second-order valence-corrected chi connectivity index (χ2v) is 7.10. The maximum Gasteiger partial charge on any atom is 0.243 e. The normalized spacial score (nSPS) is 11.6. The average Bonchev–Trinajstić information content (AvgIpc) is 3.27. The number of carbonyl (C=O) groups is 1. The van der Waals surface area contributed by atoms with Crippen LogP contribution in [0.3, 0.4) is 0 Å². The van der Waals surface area contributed by atoms with Crippen LogP contribution < -0.4 is 10.6 Å². The van der Waals surface area contributed by atoms with Gasteiger partial charge in [0.2, 0.25) is 5.91 Å². The number of aliphatic imine (C=N–C) groups is 1. The van der Waals surface area contributed by atoms with Crippen molar-refractivity contribution < 1.29 is 4.79 Å². The summed E-state index contributed by atoms with van der Waals surface area (Å²) < 4.78 is 4.02. The van der Waals surface area contributed by atoms with Crippen LogP contribution in [0.5, 0.6) is 0 Å². The molecule has 0 bridgehead atoms. The van der Waals surface area contributed by atoms with E-state index in [0.717, 1.165) is 49.7 Å². The van der Waals surface area contributed by atoms with Gasteiger partial charge in [-0.05, 0) is 26.3 Å². The predicted octanol–water partition coefficient (Wildman–Crippen LogP) is 0.368. The molecular weight excluding hydrogens is 370 g/mol. The molecule has 0 aliphatic heterocycles. The van der Waals surface area contributed by atoms with Crippen molar-refractivity contribution in [3.63, 3.8) is 0 Å². The molecule has 2 aromatic rings. The van der Waals surface area contributed by atoms with Crippen LogP contribution in [0.25, 0.3) is 0 Å². The van der Waals surface area contributed by atoms with Gasteiger partial charge in [0.25, 0.3) is 0 Å². The predicted molar refractivity (Wildman–Crippen MR) is 113 cm³/mol. The Labute approximate surface area is 172 Å². The quantitative estimate of drug-likeness (QED) is 0.337. The fraction of sp³-hybridized carbons (Fsp3) is 0.632. The van der Waals surface area contributed by atoms with Gasteiger partial charge >= 0.3 is 0 Å². The first-order valence-corrected chi connectivity index (χ1v) is 10.0. The van der Waals surface area contributed by atoms with E-state index >= 15 is 0 Å². The number of hydrogen-bond acceptors (Lipinski definition) is 5. The molecule has 10 heteroatoms. The number of nitrogens with zero attached hydrogens (tertiary/aromatic N) is 7. The van der Waals surface area contributed by atoms with Crippen molar-refractivity contribution in [1.29, 1.82) is 0 Å². The molecule has 2 rings (SSSR count). The minimum absolute atomic E-state index is 0.0409. The molecule has 0 aliphatic carbocycles. The van der Waals surface area contributed by atoms with E-state index in [1.165, 1.54) is 4.90 Å². The number of nitrogens with one attached hydrogen (secondary N) is 2. The topological polar surface area (TPSA) is 105 Å². The molecule has 1 amide bonds. The number of rotatable bonds is 10. The summed E-state index contributed by atoms with van der Waals surface area (Å²) in [6.45, 7) is 9.16. The summed E-state index contributed by atoms with van der Waals surface area (Å²) in [7, 11) is 3.45. The second-order valence-electron chi connectivity index (χ2n) is 7.10. The summed E-state index contributed by atoms with van der Waals surface area (Å²) in [4.78, 5) is 17.8. The van der Waals surface area contributed by atoms with Crippen LogP contribution in [0, 0.1) is 13.8 Å². The summed E-state index contributed by atoms with van der Waals surface area (Å²) >= 11 is 0. The molecule has 10 nitrogen and oxygen atoms in total. The van der Waals surface area contributed by atoms with Gasteiger partial charge < -0.3 is 20.1 Å². The first kappa shape index (κ1) is 22.4. The first-order chi connectivity index (χ1) is 13.9. The van der Waals surface area contributed by atoms with Crippen LogP contribution in [0.15, 0.2) is 17.4 Å². The Hall–Kier alpha value is -2.91.